The number of ether oxygens (including phenoxy) is 1. The van der Waals surface area contributed by atoms with Crippen molar-refractivity contribution in [2.45, 2.75) is 32.7 Å². The number of aromatic nitrogens is 1. The van der Waals surface area contributed by atoms with Gasteiger partial charge in [-0.25, -0.2) is 0 Å². The van der Waals surface area contributed by atoms with Crippen LogP contribution in [0, 0.1) is 0 Å². The average molecular weight is 357 g/mol. The minimum absolute atomic E-state index is 0.0147. The van der Waals surface area contributed by atoms with Crippen LogP contribution in [0.15, 0.2) is 36.5 Å². The van der Waals surface area contributed by atoms with Crippen LogP contribution < -0.4 is 15.4 Å². The van der Waals surface area contributed by atoms with Gasteiger partial charge in [0, 0.05) is 23.0 Å². The van der Waals surface area contributed by atoms with Crippen molar-refractivity contribution in [3.05, 3.63) is 47.8 Å². The number of phenols is 1. The minimum Gasteiger partial charge on any atom is -0.508 e. The van der Waals surface area contributed by atoms with Gasteiger partial charge < -0.3 is 20.5 Å². The molecule has 3 N–H and O–H groups in total. The van der Waals surface area contributed by atoms with E-state index in [1.807, 2.05) is 20.8 Å². The number of amides is 2. The first-order valence-corrected chi connectivity index (χ1v) is 8.12. The fourth-order valence-corrected chi connectivity index (χ4v) is 2.25. The van der Waals surface area contributed by atoms with E-state index in [1.165, 1.54) is 25.4 Å². The Balaban J connectivity index is 2.08. The number of rotatable bonds is 5. The van der Waals surface area contributed by atoms with Crippen molar-refractivity contribution in [3.8, 4) is 11.5 Å². The van der Waals surface area contributed by atoms with Gasteiger partial charge in [-0.3, -0.25) is 14.6 Å². The molecular weight excluding hydrogens is 334 g/mol. The number of methoxy groups -OCH3 is 1. The summed E-state index contributed by atoms with van der Waals surface area (Å²) < 4.78 is 5.10. The lowest BCUT2D eigenvalue weighted by Gasteiger charge is -2.20. The summed E-state index contributed by atoms with van der Waals surface area (Å²) >= 11 is 0. The summed E-state index contributed by atoms with van der Waals surface area (Å²) in [5.41, 5.74) is 0.719. The molecule has 0 fully saturated rings. The lowest BCUT2D eigenvalue weighted by molar-refractivity contribution is -0.115. The van der Waals surface area contributed by atoms with E-state index in [0.29, 0.717) is 17.0 Å². The van der Waals surface area contributed by atoms with Crippen LogP contribution in [-0.4, -0.2) is 34.6 Å². The first-order chi connectivity index (χ1) is 12.2. The predicted octanol–water partition coefficient (Wildman–Crippen LogP) is 2.51. The number of anilines is 1. The van der Waals surface area contributed by atoms with Crippen molar-refractivity contribution in [3.63, 3.8) is 0 Å². The van der Waals surface area contributed by atoms with Crippen molar-refractivity contribution in [2.24, 2.45) is 0 Å². The third-order valence-corrected chi connectivity index (χ3v) is 3.40. The van der Waals surface area contributed by atoms with E-state index in [-0.39, 0.29) is 35.2 Å². The van der Waals surface area contributed by atoms with Gasteiger partial charge in [-0.15, -0.1) is 0 Å². The maximum Gasteiger partial charge on any atom is 0.270 e. The average Bonchev–Trinajstić information content (AvgIpc) is 2.55. The normalized spacial score (nSPS) is 10.9. The highest BCUT2D eigenvalue weighted by Gasteiger charge is 2.17. The molecule has 2 aromatic rings. The molecule has 1 heterocycles. The molecule has 0 saturated carbocycles. The quantitative estimate of drug-likeness (QED) is 0.763. The molecule has 0 aliphatic heterocycles. The maximum absolute atomic E-state index is 12.3. The van der Waals surface area contributed by atoms with Crippen molar-refractivity contribution >= 4 is 17.5 Å². The summed E-state index contributed by atoms with van der Waals surface area (Å²) in [7, 11) is 1.51. The van der Waals surface area contributed by atoms with Crippen molar-refractivity contribution in [1.29, 1.82) is 0 Å². The topological polar surface area (TPSA) is 101 Å². The number of phenolic OH excluding ortho intramolecular Hbond substituents is 1. The molecule has 26 heavy (non-hydrogen) atoms. The van der Waals surface area contributed by atoms with E-state index in [2.05, 4.69) is 15.6 Å². The van der Waals surface area contributed by atoms with Crippen molar-refractivity contribution in [1.82, 2.24) is 10.3 Å². The number of benzene rings is 1. The highest BCUT2D eigenvalue weighted by atomic mass is 16.5. The number of nitrogens with zero attached hydrogens (tertiary/aromatic N) is 1. The second-order valence-corrected chi connectivity index (χ2v) is 6.85. The van der Waals surface area contributed by atoms with E-state index in [1.54, 1.807) is 18.2 Å². The Kier molecular flexibility index (Phi) is 5.82. The predicted molar refractivity (Wildman–Crippen MR) is 98.4 cm³/mol. The molecular formula is C19H23N3O4. The molecule has 138 valence electrons. The van der Waals surface area contributed by atoms with Gasteiger partial charge in [-0.1, -0.05) is 0 Å². The van der Waals surface area contributed by atoms with Crippen LogP contribution in [-0.2, 0) is 11.2 Å². The largest absolute Gasteiger partial charge is 0.508 e. The molecule has 1 aromatic heterocycles. The van der Waals surface area contributed by atoms with Crippen LogP contribution >= 0.6 is 0 Å². The summed E-state index contributed by atoms with van der Waals surface area (Å²) in [6.07, 6.45) is 1.42. The van der Waals surface area contributed by atoms with Gasteiger partial charge in [0.05, 0.1) is 13.5 Å². The zero-order valence-corrected chi connectivity index (χ0v) is 15.3. The SMILES string of the molecule is COc1ccc(O)c(CC(=O)Nc2ccnc(C(=O)NC(C)(C)C)c2)c1. The second-order valence-electron chi connectivity index (χ2n) is 6.85. The number of nitrogens with one attached hydrogen (secondary N) is 2. The van der Waals surface area contributed by atoms with E-state index in [4.69, 9.17) is 4.74 Å². The van der Waals surface area contributed by atoms with E-state index in [9.17, 15) is 14.7 Å². The van der Waals surface area contributed by atoms with Gasteiger partial charge in [0.1, 0.15) is 17.2 Å². The zero-order valence-electron chi connectivity index (χ0n) is 15.3. The number of carbonyl (C=O) groups excluding carboxylic acids is 2. The zero-order chi connectivity index (χ0) is 19.3. The lowest BCUT2D eigenvalue weighted by atomic mass is 10.1. The summed E-state index contributed by atoms with van der Waals surface area (Å²) in [5.74, 6) is -0.0856. The molecule has 0 aliphatic rings. The Hall–Kier alpha value is -3.09. The molecule has 0 saturated heterocycles. The Morgan fingerprint density at radius 3 is 2.58 bits per heavy atom. The Bertz CT molecular complexity index is 813. The lowest BCUT2D eigenvalue weighted by Crippen LogP contribution is -2.40. The molecule has 7 nitrogen and oxygen atoms in total. The fraction of sp³-hybridized carbons (Fsp3) is 0.316. The third-order valence-electron chi connectivity index (χ3n) is 3.40. The van der Waals surface area contributed by atoms with Gasteiger partial charge in [0.2, 0.25) is 5.91 Å². The molecule has 0 bridgehead atoms. The standard InChI is InChI=1S/C19H23N3O4/c1-19(2,3)22-18(25)15-11-13(7-8-20-15)21-17(24)10-12-9-14(26-4)5-6-16(12)23/h5-9,11,23H,10H2,1-4H3,(H,22,25)(H,20,21,24). The molecule has 1 aromatic carbocycles. The van der Waals surface area contributed by atoms with Gasteiger partial charge in [-0.05, 0) is 51.1 Å². The molecule has 0 atom stereocenters. The monoisotopic (exact) mass is 357 g/mol. The van der Waals surface area contributed by atoms with Gasteiger partial charge >= 0.3 is 0 Å². The third kappa shape index (κ3) is 5.47. The van der Waals surface area contributed by atoms with Crippen molar-refractivity contribution in [2.75, 3.05) is 12.4 Å². The Morgan fingerprint density at radius 2 is 1.92 bits per heavy atom. The van der Waals surface area contributed by atoms with Gasteiger partial charge in [0.15, 0.2) is 0 Å². The number of carbonyl (C=O) groups is 2. The van der Waals surface area contributed by atoms with Gasteiger partial charge in [0.25, 0.3) is 5.91 Å². The highest BCUT2D eigenvalue weighted by molar-refractivity contribution is 5.96. The van der Waals surface area contributed by atoms with Crippen LogP contribution in [0.25, 0.3) is 0 Å². The fourth-order valence-electron chi connectivity index (χ4n) is 2.25. The molecule has 0 aliphatic carbocycles. The van der Waals surface area contributed by atoms with E-state index >= 15 is 0 Å². The molecule has 2 amide bonds. The van der Waals surface area contributed by atoms with Crippen LogP contribution in [0.5, 0.6) is 11.5 Å². The Labute approximate surface area is 152 Å². The smallest absolute Gasteiger partial charge is 0.270 e. The minimum atomic E-state index is -0.387. The van der Waals surface area contributed by atoms with Crippen LogP contribution in [0.3, 0.4) is 0 Å². The van der Waals surface area contributed by atoms with E-state index in [0.717, 1.165) is 0 Å². The number of hydrogen-bond acceptors (Lipinski definition) is 5. The number of pyridine rings is 1. The van der Waals surface area contributed by atoms with Crippen molar-refractivity contribution < 1.29 is 19.4 Å². The number of aromatic hydroxyl groups is 1. The molecule has 7 heteroatoms. The number of hydrogen-bond donors (Lipinski definition) is 3. The van der Waals surface area contributed by atoms with Crippen LogP contribution in [0.1, 0.15) is 36.8 Å². The van der Waals surface area contributed by atoms with E-state index < -0.39 is 0 Å². The molecule has 0 unspecified atom stereocenters. The second kappa shape index (κ2) is 7.86. The first kappa shape index (κ1) is 19.2. The summed E-state index contributed by atoms with van der Waals surface area (Å²) in [6, 6.07) is 7.79. The first-order valence-electron chi connectivity index (χ1n) is 8.12. The summed E-state index contributed by atoms with van der Waals surface area (Å²) in [5, 5.41) is 15.4. The summed E-state index contributed by atoms with van der Waals surface area (Å²) in [6.45, 7) is 5.62. The molecule has 0 radical (unpaired) electrons. The Morgan fingerprint density at radius 1 is 1.19 bits per heavy atom. The van der Waals surface area contributed by atoms with Crippen LogP contribution in [0.2, 0.25) is 0 Å². The summed E-state index contributed by atoms with van der Waals surface area (Å²) in [4.78, 5) is 28.5. The maximum atomic E-state index is 12.3. The van der Waals surface area contributed by atoms with Crippen LogP contribution in [0.4, 0.5) is 5.69 Å². The van der Waals surface area contributed by atoms with Gasteiger partial charge in [-0.2, -0.15) is 0 Å². The molecule has 0 spiro atoms. The highest BCUT2D eigenvalue weighted by Crippen LogP contribution is 2.23. The molecule has 2 rings (SSSR count).